The highest BCUT2D eigenvalue weighted by Gasteiger charge is 2.52. The largest absolute Gasteiger partial charge is 0.452 e. The number of hydrogen-bond acceptors (Lipinski definition) is 6. The molecule has 2 N–H and O–H groups in total. The highest BCUT2D eigenvalue weighted by molar-refractivity contribution is 6.30. The van der Waals surface area contributed by atoms with Crippen molar-refractivity contribution in [3.8, 4) is 0 Å². The maximum absolute atomic E-state index is 12.9. The number of halogens is 1. The molecule has 1 aliphatic heterocycles. The zero-order chi connectivity index (χ0) is 25.2. The normalized spacial score (nSPS) is 21.5. The van der Waals surface area contributed by atoms with Crippen molar-refractivity contribution in [3.63, 3.8) is 0 Å². The minimum Gasteiger partial charge on any atom is -0.452 e. The van der Waals surface area contributed by atoms with Gasteiger partial charge >= 0.3 is 12.0 Å². The number of imide groups is 1. The molecule has 0 bridgehead atoms. The molecule has 1 saturated carbocycles. The molecule has 4 rings (SSSR count). The Labute approximate surface area is 206 Å². The van der Waals surface area contributed by atoms with Crippen molar-refractivity contribution in [2.45, 2.75) is 38.1 Å². The average molecular weight is 498 g/mol. The molecule has 0 radical (unpaired) electrons. The first-order chi connectivity index (χ1) is 16.7. The molecule has 0 aromatic heterocycles. The molecule has 2 fully saturated rings. The summed E-state index contributed by atoms with van der Waals surface area (Å²) in [7, 11) is 0. The molecule has 182 valence electrons. The number of hydrogen-bond donors (Lipinski definition) is 2. The van der Waals surface area contributed by atoms with Gasteiger partial charge in [-0.2, -0.15) is 5.01 Å². The molecule has 1 heterocycles. The van der Waals surface area contributed by atoms with Crippen LogP contribution in [0.5, 0.6) is 0 Å². The Morgan fingerprint density at radius 1 is 1.06 bits per heavy atom. The van der Waals surface area contributed by atoms with Gasteiger partial charge in [0.05, 0.1) is 5.56 Å². The summed E-state index contributed by atoms with van der Waals surface area (Å²) >= 11 is 5.87. The first kappa shape index (κ1) is 24.4. The molecule has 2 aromatic carbocycles. The van der Waals surface area contributed by atoms with E-state index >= 15 is 0 Å². The number of amides is 4. The zero-order valence-electron chi connectivity index (χ0n) is 19.0. The summed E-state index contributed by atoms with van der Waals surface area (Å²) in [6.07, 6.45) is 2.58. The van der Waals surface area contributed by atoms with Gasteiger partial charge in [0.25, 0.3) is 11.8 Å². The van der Waals surface area contributed by atoms with E-state index in [2.05, 4.69) is 17.7 Å². The van der Waals surface area contributed by atoms with E-state index in [4.69, 9.17) is 16.3 Å². The molecule has 1 spiro atoms. The number of nitrogens with zero attached hydrogens (tertiary/aromatic N) is 1. The van der Waals surface area contributed by atoms with Crippen LogP contribution in [0.4, 0.5) is 4.79 Å². The number of carbonyl (C=O) groups excluding carboxylic acids is 5. The maximum Gasteiger partial charge on any atom is 0.344 e. The topological polar surface area (TPSA) is 122 Å². The number of benzene rings is 2. The van der Waals surface area contributed by atoms with Gasteiger partial charge in [-0.05, 0) is 61.9 Å². The van der Waals surface area contributed by atoms with Crippen LogP contribution >= 0.6 is 11.6 Å². The monoisotopic (exact) mass is 497 g/mol. The molecule has 10 heteroatoms. The van der Waals surface area contributed by atoms with Gasteiger partial charge in [-0.3, -0.25) is 19.8 Å². The van der Waals surface area contributed by atoms with E-state index in [1.54, 1.807) is 24.3 Å². The van der Waals surface area contributed by atoms with Crippen molar-refractivity contribution in [2.24, 2.45) is 5.92 Å². The number of nitrogens with one attached hydrogen (secondary N) is 2. The summed E-state index contributed by atoms with van der Waals surface area (Å²) in [6, 6.07) is 11.5. The first-order valence-electron chi connectivity index (χ1n) is 11.2. The lowest BCUT2D eigenvalue weighted by Gasteiger charge is -2.33. The van der Waals surface area contributed by atoms with Gasteiger partial charge in [0.2, 0.25) is 0 Å². The number of rotatable bonds is 6. The summed E-state index contributed by atoms with van der Waals surface area (Å²) < 4.78 is 5.07. The van der Waals surface area contributed by atoms with Crippen LogP contribution in [-0.2, 0) is 14.3 Å². The van der Waals surface area contributed by atoms with Crippen molar-refractivity contribution in [3.05, 3.63) is 70.2 Å². The second kappa shape index (κ2) is 9.87. The lowest BCUT2D eigenvalue weighted by molar-refractivity contribution is -0.141. The van der Waals surface area contributed by atoms with E-state index in [0.717, 1.165) is 12.8 Å². The zero-order valence-corrected chi connectivity index (χ0v) is 19.8. The fourth-order valence-electron chi connectivity index (χ4n) is 4.30. The van der Waals surface area contributed by atoms with Crippen molar-refractivity contribution in [2.75, 3.05) is 6.61 Å². The Bertz CT molecular complexity index is 1190. The van der Waals surface area contributed by atoms with Crippen LogP contribution in [-0.4, -0.2) is 46.8 Å². The van der Waals surface area contributed by atoms with Crippen LogP contribution in [0, 0.1) is 5.92 Å². The fraction of sp³-hybridized carbons (Fsp3) is 0.320. The summed E-state index contributed by atoms with van der Waals surface area (Å²) in [5, 5.41) is 3.80. The smallest absolute Gasteiger partial charge is 0.344 e. The van der Waals surface area contributed by atoms with E-state index in [9.17, 15) is 24.0 Å². The average Bonchev–Trinajstić information content (AvgIpc) is 3.08. The molecule has 9 nitrogen and oxygen atoms in total. The van der Waals surface area contributed by atoms with Gasteiger partial charge in [0.15, 0.2) is 12.4 Å². The molecule has 0 atom stereocenters. The van der Waals surface area contributed by atoms with E-state index in [1.807, 2.05) is 0 Å². The Balaban J connectivity index is 1.38. The van der Waals surface area contributed by atoms with Gasteiger partial charge in [-0.25, -0.2) is 9.59 Å². The van der Waals surface area contributed by atoms with Crippen LogP contribution < -0.4 is 10.7 Å². The van der Waals surface area contributed by atoms with Crippen LogP contribution in [0.15, 0.2) is 48.5 Å². The Morgan fingerprint density at radius 3 is 2.34 bits per heavy atom. The third kappa shape index (κ3) is 5.05. The lowest BCUT2D eigenvalue weighted by atomic mass is 9.77. The minimum absolute atomic E-state index is 0.0227. The molecule has 1 saturated heterocycles. The van der Waals surface area contributed by atoms with Crippen LogP contribution in [0.1, 0.15) is 58.9 Å². The van der Waals surface area contributed by atoms with Gasteiger partial charge in [-0.15, -0.1) is 0 Å². The van der Waals surface area contributed by atoms with Gasteiger partial charge in [-0.1, -0.05) is 36.7 Å². The predicted octanol–water partition coefficient (Wildman–Crippen LogP) is 3.26. The Hall–Kier alpha value is -3.72. The molecule has 4 amide bonds. The van der Waals surface area contributed by atoms with Crippen molar-refractivity contribution < 1.29 is 28.7 Å². The second-order valence-corrected chi connectivity index (χ2v) is 9.26. The van der Waals surface area contributed by atoms with E-state index < -0.39 is 41.7 Å². The molecule has 2 aliphatic rings. The summed E-state index contributed by atoms with van der Waals surface area (Å²) in [6.45, 7) is 1.34. The summed E-state index contributed by atoms with van der Waals surface area (Å²) in [4.78, 5) is 63.1. The van der Waals surface area contributed by atoms with E-state index in [0.29, 0.717) is 34.4 Å². The number of ether oxygens (including phenoxy) is 1. The van der Waals surface area contributed by atoms with Gasteiger partial charge in [0.1, 0.15) is 5.54 Å². The summed E-state index contributed by atoms with van der Waals surface area (Å²) in [5.41, 5.74) is 1.61. The molecule has 1 aliphatic carbocycles. The van der Waals surface area contributed by atoms with Crippen molar-refractivity contribution in [1.29, 1.82) is 0 Å². The third-order valence-corrected chi connectivity index (χ3v) is 6.61. The highest BCUT2D eigenvalue weighted by atomic mass is 35.5. The van der Waals surface area contributed by atoms with Gasteiger partial charge < -0.3 is 10.1 Å². The third-order valence-electron chi connectivity index (χ3n) is 6.36. The minimum atomic E-state index is -1.01. The van der Waals surface area contributed by atoms with Crippen molar-refractivity contribution in [1.82, 2.24) is 15.8 Å². The number of ketones is 1. The number of esters is 1. The molecular weight excluding hydrogens is 474 g/mol. The number of urea groups is 1. The standard InChI is InChI=1S/C25H24ClN3O6/c1-15-10-12-25(13-11-15)23(33)29(24(34)27-25)28-20(30)14-35-22(32)19-5-3-2-4-18(19)21(31)16-6-8-17(26)9-7-16/h2-9,15H,10-14H2,1H3,(H,27,34)(H,28,30). The maximum atomic E-state index is 12.9. The lowest BCUT2D eigenvalue weighted by Crippen LogP contribution is -2.52. The molecule has 35 heavy (non-hydrogen) atoms. The van der Waals surface area contributed by atoms with Crippen LogP contribution in [0.25, 0.3) is 0 Å². The molecular formula is C25H24ClN3O6. The van der Waals surface area contributed by atoms with Crippen LogP contribution in [0.2, 0.25) is 5.02 Å². The quantitative estimate of drug-likeness (QED) is 0.359. The number of carbonyl (C=O) groups is 5. The van der Waals surface area contributed by atoms with E-state index in [-0.39, 0.29) is 11.1 Å². The van der Waals surface area contributed by atoms with Crippen molar-refractivity contribution >= 4 is 41.2 Å². The molecule has 2 aromatic rings. The highest BCUT2D eigenvalue weighted by Crippen LogP contribution is 2.35. The molecule has 0 unspecified atom stereocenters. The summed E-state index contributed by atoms with van der Waals surface area (Å²) in [5.74, 6) is -2.22. The second-order valence-electron chi connectivity index (χ2n) is 8.83. The van der Waals surface area contributed by atoms with Crippen LogP contribution in [0.3, 0.4) is 0 Å². The first-order valence-corrected chi connectivity index (χ1v) is 11.6. The van der Waals surface area contributed by atoms with E-state index in [1.165, 1.54) is 24.3 Å². The Morgan fingerprint density at radius 2 is 1.69 bits per heavy atom. The number of hydrazine groups is 1. The Kier molecular flexibility index (Phi) is 6.88. The predicted molar refractivity (Wildman–Crippen MR) is 125 cm³/mol. The fourth-order valence-corrected chi connectivity index (χ4v) is 4.42. The van der Waals surface area contributed by atoms with Gasteiger partial charge in [0, 0.05) is 16.1 Å². The SMILES string of the molecule is CC1CCC2(CC1)NC(=O)N(NC(=O)COC(=O)c1ccccc1C(=O)c1ccc(Cl)cc1)C2=O.